The monoisotopic (exact) mass is 327 g/mol. The lowest BCUT2D eigenvalue weighted by Crippen LogP contribution is -2.33. The van der Waals surface area contributed by atoms with Crippen molar-refractivity contribution in [2.75, 3.05) is 7.11 Å². The molecule has 2 rings (SSSR count). The van der Waals surface area contributed by atoms with Crippen LogP contribution in [0.4, 0.5) is 0 Å². The minimum atomic E-state index is -1.09. The highest BCUT2D eigenvalue weighted by atomic mass is 16.5. The topological polar surface area (TPSA) is 75.6 Å². The first-order valence-corrected chi connectivity index (χ1v) is 7.80. The number of nitrogens with one attached hydrogen (secondary N) is 1. The molecule has 0 aliphatic carbocycles. The molecule has 0 fully saturated rings. The Morgan fingerprint density at radius 2 is 1.75 bits per heavy atom. The van der Waals surface area contributed by atoms with Crippen LogP contribution in [-0.2, 0) is 16.0 Å². The Labute approximate surface area is 141 Å². The fraction of sp³-hybridized carbons (Fsp3) is 0.263. The first-order chi connectivity index (χ1) is 11.6. The number of rotatable bonds is 8. The smallest absolute Gasteiger partial charge is 0.330 e. The van der Waals surface area contributed by atoms with Crippen LogP contribution in [0.5, 0.6) is 5.75 Å². The first kappa shape index (κ1) is 17.5. The Morgan fingerprint density at radius 3 is 2.33 bits per heavy atom. The maximum absolute atomic E-state index is 12.0. The molecule has 0 aliphatic heterocycles. The molecule has 1 unspecified atom stereocenters. The van der Waals surface area contributed by atoms with E-state index in [1.165, 1.54) is 7.11 Å². The molecule has 1 atom stereocenters. The summed E-state index contributed by atoms with van der Waals surface area (Å²) in [5.74, 6) is -0.720. The largest absolute Gasteiger partial charge is 0.497 e. The zero-order valence-corrected chi connectivity index (χ0v) is 13.6. The second-order valence-corrected chi connectivity index (χ2v) is 5.45. The summed E-state index contributed by atoms with van der Waals surface area (Å²) in [6, 6.07) is 15.5. The zero-order chi connectivity index (χ0) is 17.4. The second-order valence-electron chi connectivity index (χ2n) is 5.45. The molecule has 5 nitrogen and oxygen atoms in total. The average molecular weight is 327 g/mol. The van der Waals surface area contributed by atoms with Gasteiger partial charge in [0.05, 0.1) is 7.11 Å². The van der Waals surface area contributed by atoms with Crippen molar-refractivity contribution in [3.8, 4) is 5.75 Å². The van der Waals surface area contributed by atoms with E-state index in [9.17, 15) is 14.7 Å². The van der Waals surface area contributed by atoms with Crippen molar-refractivity contribution in [3.63, 3.8) is 0 Å². The van der Waals surface area contributed by atoms with Gasteiger partial charge >= 0.3 is 5.97 Å². The molecule has 2 aromatic carbocycles. The van der Waals surface area contributed by atoms with Gasteiger partial charge < -0.3 is 15.2 Å². The molecular weight excluding hydrogens is 306 g/mol. The molecule has 0 spiro atoms. The fourth-order valence-electron chi connectivity index (χ4n) is 2.41. The molecule has 5 heteroatoms. The number of carbonyl (C=O) groups is 2. The summed E-state index contributed by atoms with van der Waals surface area (Å²) >= 11 is 0. The van der Waals surface area contributed by atoms with Crippen LogP contribution in [0.3, 0.4) is 0 Å². The van der Waals surface area contributed by atoms with Crippen molar-refractivity contribution < 1.29 is 19.4 Å². The predicted molar refractivity (Wildman–Crippen MR) is 90.9 cm³/mol. The number of ether oxygens (including phenoxy) is 1. The Hall–Kier alpha value is -2.82. The molecular formula is C19H21NO4. The van der Waals surface area contributed by atoms with Gasteiger partial charge in [0.2, 0.25) is 5.91 Å². The van der Waals surface area contributed by atoms with Gasteiger partial charge in [0.25, 0.3) is 0 Å². The highest BCUT2D eigenvalue weighted by molar-refractivity contribution is 5.84. The van der Waals surface area contributed by atoms with Gasteiger partial charge in [0.15, 0.2) is 6.04 Å². The van der Waals surface area contributed by atoms with Gasteiger partial charge in [-0.25, -0.2) is 4.79 Å². The minimum Gasteiger partial charge on any atom is -0.497 e. The lowest BCUT2D eigenvalue weighted by Gasteiger charge is -2.15. The summed E-state index contributed by atoms with van der Waals surface area (Å²) in [6.07, 6.45) is 1.74. The number of benzene rings is 2. The number of aliphatic carboxylic acids is 1. The molecule has 1 amide bonds. The Bertz CT molecular complexity index is 668. The third kappa shape index (κ3) is 5.12. The van der Waals surface area contributed by atoms with Crippen molar-refractivity contribution >= 4 is 11.9 Å². The lowest BCUT2D eigenvalue weighted by atomic mass is 10.1. The summed E-state index contributed by atoms with van der Waals surface area (Å²) in [4.78, 5) is 23.5. The van der Waals surface area contributed by atoms with Crippen molar-refractivity contribution in [3.05, 3.63) is 65.7 Å². The fourth-order valence-corrected chi connectivity index (χ4v) is 2.41. The highest BCUT2D eigenvalue weighted by Crippen LogP contribution is 2.18. The molecule has 2 N–H and O–H groups in total. The van der Waals surface area contributed by atoms with E-state index in [0.29, 0.717) is 17.7 Å². The van der Waals surface area contributed by atoms with Gasteiger partial charge in [-0.05, 0) is 36.1 Å². The molecule has 126 valence electrons. The maximum atomic E-state index is 12.0. The molecule has 0 radical (unpaired) electrons. The molecule has 0 bridgehead atoms. The van der Waals surface area contributed by atoms with Gasteiger partial charge in [0.1, 0.15) is 5.75 Å². The van der Waals surface area contributed by atoms with E-state index in [1.54, 1.807) is 24.3 Å². The second kappa shape index (κ2) is 8.72. The van der Waals surface area contributed by atoms with Crippen LogP contribution in [-0.4, -0.2) is 24.1 Å². The Morgan fingerprint density at radius 1 is 1.08 bits per heavy atom. The van der Waals surface area contributed by atoms with Gasteiger partial charge in [0, 0.05) is 6.42 Å². The third-order valence-corrected chi connectivity index (χ3v) is 3.71. The van der Waals surface area contributed by atoms with Crippen molar-refractivity contribution in [2.24, 2.45) is 0 Å². The lowest BCUT2D eigenvalue weighted by molar-refractivity contribution is -0.142. The quantitative estimate of drug-likeness (QED) is 0.781. The number of hydrogen-bond donors (Lipinski definition) is 2. The van der Waals surface area contributed by atoms with E-state index in [1.807, 2.05) is 30.3 Å². The van der Waals surface area contributed by atoms with E-state index in [-0.39, 0.29) is 12.3 Å². The van der Waals surface area contributed by atoms with Crippen LogP contribution in [0, 0.1) is 0 Å². The summed E-state index contributed by atoms with van der Waals surface area (Å²) < 4.78 is 5.05. The standard InChI is InChI=1S/C19H21NO4/c1-24-16-12-10-15(11-13-16)18(19(22)23)20-17(21)9-5-8-14-6-3-2-4-7-14/h2-4,6-7,10-13,18H,5,8-9H2,1H3,(H,20,21)(H,22,23). The van der Waals surface area contributed by atoms with Crippen LogP contribution in [0.1, 0.15) is 30.0 Å². The average Bonchev–Trinajstić information content (AvgIpc) is 2.60. The molecule has 2 aromatic rings. The highest BCUT2D eigenvalue weighted by Gasteiger charge is 2.21. The van der Waals surface area contributed by atoms with E-state index >= 15 is 0 Å². The molecule has 0 saturated carbocycles. The van der Waals surface area contributed by atoms with E-state index in [0.717, 1.165) is 12.0 Å². The van der Waals surface area contributed by atoms with Crippen LogP contribution in [0.25, 0.3) is 0 Å². The Balaban J connectivity index is 1.89. The van der Waals surface area contributed by atoms with Crippen molar-refractivity contribution in [1.29, 1.82) is 0 Å². The van der Waals surface area contributed by atoms with Crippen LogP contribution in [0.2, 0.25) is 0 Å². The van der Waals surface area contributed by atoms with Gasteiger partial charge in [-0.2, -0.15) is 0 Å². The normalized spacial score (nSPS) is 11.5. The number of amides is 1. The summed E-state index contributed by atoms with van der Waals surface area (Å²) in [7, 11) is 1.54. The maximum Gasteiger partial charge on any atom is 0.330 e. The minimum absolute atomic E-state index is 0.269. The molecule has 0 aliphatic rings. The summed E-state index contributed by atoms with van der Waals surface area (Å²) in [6.45, 7) is 0. The van der Waals surface area contributed by atoms with E-state index < -0.39 is 12.0 Å². The number of hydrogen-bond acceptors (Lipinski definition) is 3. The van der Waals surface area contributed by atoms with Crippen molar-refractivity contribution in [1.82, 2.24) is 5.32 Å². The number of methoxy groups -OCH3 is 1. The third-order valence-electron chi connectivity index (χ3n) is 3.71. The predicted octanol–water partition coefficient (Wildman–Crippen LogP) is 2.96. The number of carboxylic acids is 1. The van der Waals surface area contributed by atoms with Crippen molar-refractivity contribution in [2.45, 2.75) is 25.3 Å². The molecule has 0 saturated heterocycles. The zero-order valence-electron chi connectivity index (χ0n) is 13.6. The number of aryl methyl sites for hydroxylation is 1. The van der Waals surface area contributed by atoms with Crippen LogP contribution in [0.15, 0.2) is 54.6 Å². The van der Waals surface area contributed by atoms with E-state index in [2.05, 4.69) is 5.32 Å². The summed E-state index contributed by atoms with van der Waals surface area (Å²) in [5, 5.41) is 11.9. The van der Waals surface area contributed by atoms with E-state index in [4.69, 9.17) is 4.74 Å². The Kier molecular flexibility index (Phi) is 6.37. The number of carbonyl (C=O) groups excluding carboxylic acids is 1. The summed E-state index contributed by atoms with van der Waals surface area (Å²) in [5.41, 5.74) is 1.68. The van der Waals surface area contributed by atoms with Crippen LogP contribution < -0.4 is 10.1 Å². The number of carboxylic acid groups (broad SMARTS) is 1. The first-order valence-electron chi connectivity index (χ1n) is 7.80. The van der Waals surface area contributed by atoms with Gasteiger partial charge in [-0.3, -0.25) is 4.79 Å². The van der Waals surface area contributed by atoms with Gasteiger partial charge in [-0.1, -0.05) is 42.5 Å². The molecule has 24 heavy (non-hydrogen) atoms. The SMILES string of the molecule is COc1ccc(C(NC(=O)CCCc2ccccc2)C(=O)O)cc1. The molecule has 0 aromatic heterocycles. The molecule has 0 heterocycles. The van der Waals surface area contributed by atoms with Gasteiger partial charge in [-0.15, -0.1) is 0 Å². The van der Waals surface area contributed by atoms with Crippen LogP contribution >= 0.6 is 0 Å².